The molecule has 7 heteroatoms. The Morgan fingerprint density at radius 1 is 1.52 bits per heavy atom. The van der Waals surface area contributed by atoms with Crippen LogP contribution in [0.1, 0.15) is 22.8 Å². The van der Waals surface area contributed by atoms with Gasteiger partial charge in [-0.25, -0.2) is 4.39 Å². The molecule has 1 fully saturated rings. The van der Waals surface area contributed by atoms with E-state index in [1.807, 2.05) is 7.05 Å². The van der Waals surface area contributed by atoms with E-state index in [0.717, 1.165) is 13.0 Å². The molecule has 1 aromatic carbocycles. The van der Waals surface area contributed by atoms with Gasteiger partial charge in [0.1, 0.15) is 5.82 Å². The number of amides is 1. The molecule has 6 nitrogen and oxygen atoms in total. The minimum absolute atomic E-state index is 0.122. The van der Waals surface area contributed by atoms with Crippen LogP contribution in [0.15, 0.2) is 36.7 Å². The number of carbonyl (C=O) groups excluding carboxylic acids is 1. The van der Waals surface area contributed by atoms with E-state index in [1.165, 1.54) is 18.2 Å². The van der Waals surface area contributed by atoms with Crippen LogP contribution in [0.5, 0.6) is 0 Å². The number of halogens is 1. The standard InChI is InChI=1S/C16H19FN4O2/c1-20-9-14(6-15(20)10-22)21-8-13(7-18-21)19-16(23)11-3-2-4-12(17)5-11/h2-5,7-8,14-15,22H,6,9-10H2,1H3,(H,19,23)/t14-,15-/m0/s1. The molecule has 3 rings (SSSR count). The van der Waals surface area contributed by atoms with Gasteiger partial charge in [-0.05, 0) is 31.7 Å². The number of nitrogens with zero attached hydrogens (tertiary/aromatic N) is 3. The number of anilines is 1. The number of aliphatic hydroxyl groups is 1. The van der Waals surface area contributed by atoms with Gasteiger partial charge in [-0.1, -0.05) is 6.07 Å². The summed E-state index contributed by atoms with van der Waals surface area (Å²) in [6.07, 6.45) is 4.14. The third-order valence-corrected chi connectivity index (χ3v) is 4.20. The molecule has 2 aromatic rings. The van der Waals surface area contributed by atoms with Gasteiger partial charge in [0.2, 0.25) is 0 Å². The maximum absolute atomic E-state index is 13.2. The van der Waals surface area contributed by atoms with Crippen molar-refractivity contribution in [1.29, 1.82) is 0 Å². The Morgan fingerprint density at radius 2 is 2.35 bits per heavy atom. The van der Waals surface area contributed by atoms with Crippen LogP contribution in [0.3, 0.4) is 0 Å². The van der Waals surface area contributed by atoms with Crippen LogP contribution >= 0.6 is 0 Å². The Hall–Kier alpha value is -2.25. The van der Waals surface area contributed by atoms with E-state index < -0.39 is 5.82 Å². The van der Waals surface area contributed by atoms with Gasteiger partial charge in [0, 0.05) is 24.3 Å². The zero-order chi connectivity index (χ0) is 16.4. The zero-order valence-corrected chi connectivity index (χ0v) is 12.8. The van der Waals surface area contributed by atoms with Crippen LogP contribution < -0.4 is 5.32 Å². The van der Waals surface area contributed by atoms with Crippen molar-refractivity contribution in [1.82, 2.24) is 14.7 Å². The number of nitrogens with one attached hydrogen (secondary N) is 1. The van der Waals surface area contributed by atoms with E-state index in [9.17, 15) is 14.3 Å². The van der Waals surface area contributed by atoms with Gasteiger partial charge in [0.15, 0.2) is 0 Å². The summed E-state index contributed by atoms with van der Waals surface area (Å²) in [6, 6.07) is 5.84. The fourth-order valence-electron chi connectivity index (χ4n) is 2.89. The van der Waals surface area contributed by atoms with E-state index in [-0.39, 0.29) is 30.2 Å². The quantitative estimate of drug-likeness (QED) is 0.896. The zero-order valence-electron chi connectivity index (χ0n) is 12.8. The summed E-state index contributed by atoms with van der Waals surface area (Å²) in [7, 11) is 1.97. The number of carbonyl (C=O) groups is 1. The van der Waals surface area contributed by atoms with Gasteiger partial charge in [-0.15, -0.1) is 0 Å². The molecule has 2 atom stereocenters. The third kappa shape index (κ3) is 3.40. The Kier molecular flexibility index (Phi) is 4.40. The second kappa shape index (κ2) is 6.47. The average molecular weight is 318 g/mol. The van der Waals surface area contributed by atoms with Crippen LogP contribution in [0.25, 0.3) is 0 Å². The van der Waals surface area contributed by atoms with E-state index >= 15 is 0 Å². The molecule has 0 spiro atoms. The maximum atomic E-state index is 13.2. The second-order valence-corrected chi connectivity index (χ2v) is 5.84. The number of likely N-dealkylation sites (tertiary alicyclic amines) is 1. The largest absolute Gasteiger partial charge is 0.395 e. The Labute approximate surface area is 133 Å². The molecule has 1 saturated heterocycles. The highest BCUT2D eigenvalue weighted by Gasteiger charge is 2.30. The first-order valence-electron chi connectivity index (χ1n) is 7.49. The van der Waals surface area contributed by atoms with Crippen LogP contribution in [0.4, 0.5) is 10.1 Å². The summed E-state index contributed by atoms with van der Waals surface area (Å²) >= 11 is 0. The average Bonchev–Trinajstić information content (AvgIpc) is 3.13. The molecule has 2 heterocycles. The van der Waals surface area contributed by atoms with Gasteiger partial charge in [0.25, 0.3) is 5.91 Å². The fraction of sp³-hybridized carbons (Fsp3) is 0.375. The number of rotatable bonds is 4. The van der Waals surface area contributed by atoms with Gasteiger partial charge in [-0.3, -0.25) is 14.4 Å². The maximum Gasteiger partial charge on any atom is 0.255 e. The van der Waals surface area contributed by atoms with Crippen LogP contribution in [0.2, 0.25) is 0 Å². The number of aromatic nitrogens is 2. The molecule has 0 unspecified atom stereocenters. The van der Waals surface area contributed by atoms with Gasteiger partial charge in [-0.2, -0.15) is 5.10 Å². The number of aliphatic hydroxyl groups excluding tert-OH is 1. The van der Waals surface area contributed by atoms with Gasteiger partial charge >= 0.3 is 0 Å². The number of likely N-dealkylation sites (N-methyl/N-ethyl adjacent to an activating group) is 1. The molecule has 0 saturated carbocycles. The first-order chi connectivity index (χ1) is 11.1. The summed E-state index contributed by atoms with van der Waals surface area (Å²) in [5, 5.41) is 16.3. The molecule has 1 amide bonds. The predicted molar refractivity (Wildman–Crippen MR) is 83.7 cm³/mol. The summed E-state index contributed by atoms with van der Waals surface area (Å²) < 4.78 is 15.0. The summed E-state index contributed by atoms with van der Waals surface area (Å²) in [4.78, 5) is 14.2. The molecule has 1 aromatic heterocycles. The lowest BCUT2D eigenvalue weighted by atomic mass is 10.2. The second-order valence-electron chi connectivity index (χ2n) is 5.84. The van der Waals surface area contributed by atoms with Crippen molar-refractivity contribution in [3.05, 3.63) is 48.0 Å². The van der Waals surface area contributed by atoms with E-state index in [2.05, 4.69) is 15.3 Å². The van der Waals surface area contributed by atoms with E-state index in [0.29, 0.717) is 5.69 Å². The summed E-state index contributed by atoms with van der Waals surface area (Å²) in [5.41, 5.74) is 0.827. The lowest BCUT2D eigenvalue weighted by Crippen LogP contribution is -2.27. The topological polar surface area (TPSA) is 70.4 Å². The summed E-state index contributed by atoms with van der Waals surface area (Å²) in [5.74, 6) is -0.821. The Bertz CT molecular complexity index is 703. The van der Waals surface area contributed by atoms with Gasteiger partial charge in [0.05, 0.1) is 24.5 Å². The predicted octanol–water partition coefficient (Wildman–Crippen LogP) is 1.51. The normalized spacial score (nSPS) is 21.5. The molecule has 1 aliphatic rings. The molecular formula is C16H19FN4O2. The molecule has 122 valence electrons. The molecule has 0 bridgehead atoms. The van der Waals surface area contributed by atoms with Crippen molar-refractivity contribution in [3.63, 3.8) is 0 Å². The molecule has 0 radical (unpaired) electrons. The SMILES string of the molecule is CN1C[C@@H](n2cc(NC(=O)c3cccc(F)c3)cn2)C[C@H]1CO. The highest BCUT2D eigenvalue weighted by molar-refractivity contribution is 6.04. The first kappa shape index (κ1) is 15.6. The van der Waals surface area contributed by atoms with Crippen molar-refractivity contribution in [2.75, 3.05) is 25.5 Å². The number of hydrogen-bond acceptors (Lipinski definition) is 4. The number of hydrogen-bond donors (Lipinski definition) is 2. The lowest BCUT2D eigenvalue weighted by Gasteiger charge is -2.14. The van der Waals surface area contributed by atoms with Crippen molar-refractivity contribution in [3.8, 4) is 0 Å². The molecule has 0 aliphatic carbocycles. The van der Waals surface area contributed by atoms with Crippen LogP contribution in [0, 0.1) is 5.82 Å². The van der Waals surface area contributed by atoms with Crippen molar-refractivity contribution < 1.29 is 14.3 Å². The monoisotopic (exact) mass is 318 g/mol. The van der Waals surface area contributed by atoms with Crippen molar-refractivity contribution in [2.24, 2.45) is 0 Å². The van der Waals surface area contributed by atoms with Crippen LogP contribution in [-0.4, -0.2) is 51.9 Å². The van der Waals surface area contributed by atoms with Crippen molar-refractivity contribution in [2.45, 2.75) is 18.5 Å². The lowest BCUT2D eigenvalue weighted by molar-refractivity contribution is 0.102. The highest BCUT2D eigenvalue weighted by Crippen LogP contribution is 2.26. The minimum atomic E-state index is -0.447. The number of benzene rings is 1. The molecule has 23 heavy (non-hydrogen) atoms. The smallest absolute Gasteiger partial charge is 0.255 e. The highest BCUT2D eigenvalue weighted by atomic mass is 19.1. The first-order valence-corrected chi connectivity index (χ1v) is 7.49. The van der Waals surface area contributed by atoms with Crippen molar-refractivity contribution >= 4 is 11.6 Å². The van der Waals surface area contributed by atoms with Crippen LogP contribution in [-0.2, 0) is 0 Å². The molecule has 1 aliphatic heterocycles. The third-order valence-electron chi connectivity index (χ3n) is 4.20. The Morgan fingerprint density at radius 3 is 3.04 bits per heavy atom. The molecule has 2 N–H and O–H groups in total. The Balaban J connectivity index is 1.67. The minimum Gasteiger partial charge on any atom is -0.395 e. The van der Waals surface area contributed by atoms with E-state index in [1.54, 1.807) is 23.1 Å². The van der Waals surface area contributed by atoms with E-state index in [4.69, 9.17) is 0 Å². The summed E-state index contributed by atoms with van der Waals surface area (Å²) in [6.45, 7) is 0.918. The molecular weight excluding hydrogens is 299 g/mol. The fourth-order valence-corrected chi connectivity index (χ4v) is 2.89. The van der Waals surface area contributed by atoms with Gasteiger partial charge < -0.3 is 10.4 Å².